The minimum atomic E-state index is -4.71. The number of hydrogen-bond acceptors (Lipinski definition) is 10. The van der Waals surface area contributed by atoms with Crippen molar-refractivity contribution in [3.8, 4) is 11.6 Å². The number of amides is 2. The first-order valence-corrected chi connectivity index (χ1v) is 21.9. The lowest BCUT2D eigenvalue weighted by Gasteiger charge is -2.34. The first-order chi connectivity index (χ1) is 29.0. The van der Waals surface area contributed by atoms with Gasteiger partial charge in [0.2, 0.25) is 27.7 Å². The minimum absolute atomic E-state index is 0.00117. The van der Waals surface area contributed by atoms with E-state index in [-0.39, 0.29) is 61.8 Å². The molecular weight excluding hydrogens is 792 g/mol. The van der Waals surface area contributed by atoms with Crippen molar-refractivity contribution in [1.29, 1.82) is 0 Å². The number of fused-ring (bicyclic) bond motifs is 3. The fourth-order valence-corrected chi connectivity index (χ4v) is 9.76. The third kappa shape index (κ3) is 9.42. The molecule has 2 amide bonds. The van der Waals surface area contributed by atoms with Gasteiger partial charge in [-0.15, -0.1) is 0 Å². The number of carbonyl (C=O) groups is 4. The Kier molecular flexibility index (Phi) is 11.6. The SMILES string of the molecule is [2H]C([2H])([2H])C1(S(=O)(=O)NC(=O)[C@]23CC(=O)[C@@H]4C[C@@H](Oc5nccc6cc(OCC)c(F)cc56)CN4C(=O)[C@@H](CC(=O)OC(C)(C)C(F)F)[C@H](CC)C[C@H](C)CC/C=C\[C@@H]2C3)CC1. The van der Waals surface area contributed by atoms with E-state index in [0.717, 1.165) is 13.8 Å². The summed E-state index contributed by atoms with van der Waals surface area (Å²) in [5, 5.41) is 0.819. The Balaban J connectivity index is 1.38. The number of aromatic nitrogens is 1. The second-order valence-electron chi connectivity index (χ2n) is 17.3. The number of halogens is 3. The highest BCUT2D eigenvalue weighted by molar-refractivity contribution is 7.91. The van der Waals surface area contributed by atoms with Crippen molar-refractivity contribution < 1.29 is 59.1 Å². The Morgan fingerprint density at radius 3 is 2.58 bits per heavy atom. The van der Waals surface area contributed by atoms with Gasteiger partial charge in [-0.1, -0.05) is 32.4 Å². The van der Waals surface area contributed by atoms with E-state index in [9.17, 15) is 31.6 Å². The average molecular weight is 851 g/mol. The number of ether oxygens (including phenoxy) is 3. The van der Waals surface area contributed by atoms with E-state index in [1.165, 1.54) is 23.2 Å². The van der Waals surface area contributed by atoms with Crippen molar-refractivity contribution in [2.45, 2.75) is 135 Å². The number of benzene rings is 1. The van der Waals surface area contributed by atoms with E-state index in [4.69, 9.17) is 18.3 Å². The molecule has 16 heteroatoms. The summed E-state index contributed by atoms with van der Waals surface area (Å²) in [6.45, 7) is 4.78. The molecule has 0 bridgehead atoms. The molecule has 7 atom stereocenters. The molecule has 324 valence electrons. The van der Waals surface area contributed by atoms with E-state index < -0.39 is 111 Å². The van der Waals surface area contributed by atoms with Crippen LogP contribution >= 0.6 is 0 Å². The second-order valence-corrected chi connectivity index (χ2v) is 19.3. The molecule has 4 aliphatic rings. The van der Waals surface area contributed by atoms with Crippen LogP contribution < -0.4 is 14.2 Å². The summed E-state index contributed by atoms with van der Waals surface area (Å²) in [5.41, 5.74) is -3.74. The smallest absolute Gasteiger partial charge is 0.307 e. The van der Waals surface area contributed by atoms with E-state index in [0.29, 0.717) is 31.1 Å². The van der Waals surface area contributed by atoms with Crippen LogP contribution in [0.3, 0.4) is 0 Å². The highest BCUT2D eigenvalue weighted by Gasteiger charge is 2.63. The Hall–Kier alpha value is -4.21. The highest BCUT2D eigenvalue weighted by atomic mass is 32.2. The molecule has 6 rings (SSSR count). The number of ketones is 1. The van der Waals surface area contributed by atoms with Gasteiger partial charge in [-0.05, 0) is 107 Å². The van der Waals surface area contributed by atoms with Crippen LogP contribution in [0.15, 0.2) is 36.5 Å². The summed E-state index contributed by atoms with van der Waals surface area (Å²) < 4.78 is 110. The van der Waals surface area contributed by atoms with Crippen molar-refractivity contribution in [2.24, 2.45) is 29.1 Å². The van der Waals surface area contributed by atoms with Gasteiger partial charge in [0.15, 0.2) is 23.0 Å². The van der Waals surface area contributed by atoms with E-state index in [1.807, 2.05) is 24.6 Å². The summed E-state index contributed by atoms with van der Waals surface area (Å²) in [6, 6.07) is 3.06. The fourth-order valence-electron chi connectivity index (χ4n) is 8.48. The maximum Gasteiger partial charge on any atom is 0.307 e. The Labute approximate surface area is 348 Å². The molecule has 2 aromatic rings. The van der Waals surface area contributed by atoms with Crippen LogP contribution in [0.2, 0.25) is 0 Å². The molecule has 12 nitrogen and oxygen atoms in total. The molecule has 0 radical (unpaired) electrons. The fraction of sp³-hybridized carbons (Fsp3) is 0.651. The topological polar surface area (TPSA) is 158 Å². The van der Waals surface area contributed by atoms with Gasteiger partial charge in [-0.2, -0.15) is 0 Å². The molecule has 2 aliphatic heterocycles. The Morgan fingerprint density at radius 1 is 1.17 bits per heavy atom. The third-order valence-electron chi connectivity index (χ3n) is 12.4. The predicted octanol–water partition coefficient (Wildman–Crippen LogP) is 7.08. The Bertz CT molecular complexity index is 2200. The number of sulfonamides is 1. The molecule has 2 aliphatic carbocycles. The van der Waals surface area contributed by atoms with Crippen molar-refractivity contribution in [3.05, 3.63) is 42.4 Å². The van der Waals surface area contributed by atoms with Crippen molar-refractivity contribution in [2.75, 3.05) is 13.2 Å². The summed E-state index contributed by atoms with van der Waals surface area (Å²) in [6.07, 6.45) is 1.70. The number of hydrogen-bond donors (Lipinski definition) is 1. The summed E-state index contributed by atoms with van der Waals surface area (Å²) in [5.74, 6) is -6.08. The van der Waals surface area contributed by atoms with Crippen molar-refractivity contribution in [3.63, 3.8) is 0 Å². The molecular formula is C43H56F3N3O9S. The number of carbonyl (C=O) groups excluding carboxylic acids is 4. The van der Waals surface area contributed by atoms with Crippen LogP contribution in [0, 0.1) is 34.9 Å². The maximum atomic E-state index is 15.1. The summed E-state index contributed by atoms with van der Waals surface area (Å²) >= 11 is 0. The minimum Gasteiger partial charge on any atom is -0.491 e. The molecule has 1 saturated heterocycles. The molecule has 1 aromatic carbocycles. The molecule has 0 spiro atoms. The molecule has 1 N–H and O–H groups in total. The number of nitrogens with zero attached hydrogens (tertiary/aromatic N) is 2. The maximum absolute atomic E-state index is 15.1. The Morgan fingerprint density at radius 2 is 1.92 bits per heavy atom. The van der Waals surface area contributed by atoms with Gasteiger partial charge in [0.25, 0.3) is 6.43 Å². The molecule has 2 saturated carbocycles. The van der Waals surface area contributed by atoms with Crippen molar-refractivity contribution >= 4 is 44.4 Å². The number of esters is 1. The lowest BCUT2D eigenvalue weighted by Crippen LogP contribution is -2.48. The van der Waals surface area contributed by atoms with Gasteiger partial charge in [0.1, 0.15) is 6.10 Å². The standard InChI is InChI=1S/C43H56F3N3O9S/c1-7-26-17-25(3)11-9-10-12-28-22-43(28,40(53)48-59(54,55)42(6)14-15-42)23-34(50)33-19-29(24-49(33)38(52)31(26)21-36(51)58-41(4,5)39(45)46)57-37-30-20-32(44)35(56-8-2)18-27(30)13-16-47-37/h10,12-13,16,18,20,25-26,28-29,31,33,39H,7-9,11,14-15,17,19,21-24H2,1-6H3,(H,48,53)/b12-10-/t25-,26-,28-,29-,31+,33+,43-/m1/s1/i6D3. The van der Waals surface area contributed by atoms with Gasteiger partial charge < -0.3 is 19.1 Å². The molecule has 1 aromatic heterocycles. The number of pyridine rings is 1. The zero-order valence-corrected chi connectivity index (χ0v) is 34.9. The van der Waals surface area contributed by atoms with Gasteiger partial charge in [-0.25, -0.2) is 26.6 Å². The summed E-state index contributed by atoms with van der Waals surface area (Å²) in [4.78, 5) is 63.0. The lowest BCUT2D eigenvalue weighted by atomic mass is 9.79. The van der Waals surface area contributed by atoms with E-state index >= 15 is 9.18 Å². The lowest BCUT2D eigenvalue weighted by molar-refractivity contribution is -0.174. The number of alkyl halides is 2. The third-order valence-corrected chi connectivity index (χ3v) is 14.3. The van der Waals surface area contributed by atoms with Gasteiger partial charge in [0.05, 0.1) is 41.7 Å². The van der Waals surface area contributed by atoms with Crippen LogP contribution in [0.4, 0.5) is 13.2 Å². The normalized spacial score (nSPS) is 30.1. The zero-order chi connectivity index (χ0) is 45.6. The zero-order valence-electron chi connectivity index (χ0n) is 37.1. The predicted molar refractivity (Wildman–Crippen MR) is 212 cm³/mol. The average Bonchev–Trinajstić information content (AvgIpc) is 4.10. The van der Waals surface area contributed by atoms with Crippen LogP contribution in [-0.4, -0.2) is 83.9 Å². The van der Waals surface area contributed by atoms with Gasteiger partial charge >= 0.3 is 5.97 Å². The van der Waals surface area contributed by atoms with Crippen LogP contribution in [0.5, 0.6) is 11.6 Å². The second kappa shape index (κ2) is 17.0. The molecule has 3 fully saturated rings. The number of allylic oxidation sites excluding steroid dienone is 2. The quantitative estimate of drug-likeness (QED) is 0.173. The van der Waals surface area contributed by atoms with Crippen LogP contribution in [0.1, 0.15) is 110 Å². The number of Topliss-reactive ketones (excluding diaryl/α,β-unsaturated/α-hetero) is 1. The monoisotopic (exact) mass is 850 g/mol. The van der Waals surface area contributed by atoms with Crippen LogP contribution in [-0.2, 0) is 33.9 Å². The number of nitrogens with one attached hydrogen (secondary N) is 1. The first-order valence-electron chi connectivity index (χ1n) is 21.9. The highest BCUT2D eigenvalue weighted by Crippen LogP contribution is 2.58. The van der Waals surface area contributed by atoms with Crippen molar-refractivity contribution in [1.82, 2.24) is 14.6 Å². The van der Waals surface area contributed by atoms with Crippen LogP contribution in [0.25, 0.3) is 10.8 Å². The van der Waals surface area contributed by atoms with E-state index in [2.05, 4.69) is 4.98 Å². The largest absolute Gasteiger partial charge is 0.491 e. The molecule has 3 heterocycles. The van der Waals surface area contributed by atoms with Gasteiger partial charge in [-0.3, -0.25) is 23.9 Å². The summed E-state index contributed by atoms with van der Waals surface area (Å²) in [7, 11) is -4.71. The molecule has 59 heavy (non-hydrogen) atoms. The molecule has 0 unspecified atom stereocenters. The van der Waals surface area contributed by atoms with Gasteiger partial charge in [0, 0.05) is 28.5 Å². The van der Waals surface area contributed by atoms with E-state index in [1.54, 1.807) is 19.1 Å². The first kappa shape index (κ1) is 40.2. The number of rotatable bonds is 12.